The zero-order valence-corrected chi connectivity index (χ0v) is 13.0. The van der Waals surface area contributed by atoms with E-state index in [1.165, 1.54) is 19.3 Å². The van der Waals surface area contributed by atoms with Crippen molar-refractivity contribution >= 4 is 0 Å². The van der Waals surface area contributed by atoms with Gasteiger partial charge in [-0.2, -0.15) is 0 Å². The molecule has 0 aromatic heterocycles. The van der Waals surface area contributed by atoms with Crippen LogP contribution in [0.15, 0.2) is 12.2 Å². The van der Waals surface area contributed by atoms with E-state index in [-0.39, 0.29) is 11.8 Å². The van der Waals surface area contributed by atoms with Crippen LogP contribution in [-0.4, -0.2) is 12.3 Å². The van der Waals surface area contributed by atoms with E-state index in [0.717, 1.165) is 32.1 Å². The van der Waals surface area contributed by atoms with Crippen molar-refractivity contribution in [2.45, 2.75) is 77.6 Å². The van der Waals surface area contributed by atoms with Crippen LogP contribution in [0.4, 0.5) is 8.78 Å². The van der Waals surface area contributed by atoms with Crippen molar-refractivity contribution in [1.29, 1.82) is 0 Å². The monoisotopic (exact) mass is 284 g/mol. The normalized spacial score (nSPS) is 43.0. The van der Waals surface area contributed by atoms with Crippen molar-refractivity contribution in [1.82, 2.24) is 0 Å². The first-order valence-corrected chi connectivity index (χ1v) is 8.58. The lowest BCUT2D eigenvalue weighted by molar-refractivity contribution is -0.00497. The third-order valence-corrected chi connectivity index (χ3v) is 5.50. The molecule has 0 aromatic rings. The molecule has 0 N–H and O–H groups in total. The molecular weight excluding hydrogens is 254 g/mol. The largest absolute Gasteiger partial charge is 0.244 e. The predicted octanol–water partition coefficient (Wildman–Crippen LogP) is 5.87. The molecule has 2 rings (SSSR count). The van der Waals surface area contributed by atoms with E-state index >= 15 is 0 Å². The summed E-state index contributed by atoms with van der Waals surface area (Å²) in [5, 5.41) is 0. The lowest BCUT2D eigenvalue weighted by atomic mass is 9.68. The van der Waals surface area contributed by atoms with E-state index in [1.54, 1.807) is 0 Å². The number of alkyl halides is 2. The smallest absolute Gasteiger partial charge is 0.134 e. The Kier molecular flexibility index (Phi) is 6.04. The van der Waals surface area contributed by atoms with Gasteiger partial charge in [-0.25, -0.2) is 8.78 Å². The van der Waals surface area contributed by atoms with Crippen LogP contribution >= 0.6 is 0 Å². The molecule has 0 nitrogen and oxygen atoms in total. The van der Waals surface area contributed by atoms with Crippen LogP contribution in [0.1, 0.15) is 65.2 Å². The third-order valence-electron chi connectivity index (χ3n) is 5.50. The third kappa shape index (κ3) is 3.83. The highest BCUT2D eigenvalue weighted by Gasteiger charge is 2.42. The molecule has 20 heavy (non-hydrogen) atoms. The molecule has 2 aliphatic rings. The molecule has 0 radical (unpaired) electrons. The van der Waals surface area contributed by atoms with E-state index in [1.807, 2.05) is 6.92 Å². The van der Waals surface area contributed by atoms with Crippen LogP contribution in [0.25, 0.3) is 0 Å². The Bertz CT molecular complexity index is 305. The summed E-state index contributed by atoms with van der Waals surface area (Å²) < 4.78 is 28.1. The van der Waals surface area contributed by atoms with Crippen LogP contribution in [-0.2, 0) is 0 Å². The number of allylic oxidation sites excluding steroid dienone is 2. The van der Waals surface area contributed by atoms with E-state index in [2.05, 4.69) is 19.1 Å². The summed E-state index contributed by atoms with van der Waals surface area (Å²) in [4.78, 5) is 0. The minimum absolute atomic E-state index is 0.0122. The number of hydrogen-bond donors (Lipinski definition) is 0. The van der Waals surface area contributed by atoms with Crippen LogP contribution in [0, 0.1) is 23.7 Å². The molecule has 2 aliphatic carbocycles. The molecule has 2 fully saturated rings. The van der Waals surface area contributed by atoms with Gasteiger partial charge in [0.25, 0.3) is 0 Å². The number of rotatable bonds is 4. The summed E-state index contributed by atoms with van der Waals surface area (Å²) in [6.45, 7) is 4.04. The highest BCUT2D eigenvalue weighted by Crippen LogP contribution is 2.43. The molecule has 0 heterocycles. The second-order valence-electron chi connectivity index (χ2n) is 7.00. The Balaban J connectivity index is 1.81. The Hall–Kier alpha value is -0.400. The van der Waals surface area contributed by atoms with E-state index in [0.29, 0.717) is 11.8 Å². The summed E-state index contributed by atoms with van der Waals surface area (Å²) in [5.41, 5.74) is 0. The first kappa shape index (κ1) is 16.0. The van der Waals surface area contributed by atoms with Crippen LogP contribution in [0.5, 0.6) is 0 Å². The predicted molar refractivity (Wildman–Crippen MR) is 81.2 cm³/mol. The topological polar surface area (TPSA) is 0 Å². The molecule has 0 spiro atoms. The van der Waals surface area contributed by atoms with Crippen LogP contribution in [0.3, 0.4) is 0 Å². The van der Waals surface area contributed by atoms with Crippen LogP contribution < -0.4 is 0 Å². The van der Waals surface area contributed by atoms with Gasteiger partial charge in [0.15, 0.2) is 0 Å². The fraction of sp³-hybridized carbons (Fsp3) is 0.889. The van der Waals surface area contributed by atoms with Crippen molar-refractivity contribution in [3.63, 3.8) is 0 Å². The van der Waals surface area contributed by atoms with Gasteiger partial charge in [-0.15, -0.1) is 0 Å². The lowest BCUT2D eigenvalue weighted by Gasteiger charge is -2.40. The quantitative estimate of drug-likeness (QED) is 0.566. The first-order valence-electron chi connectivity index (χ1n) is 8.58. The molecule has 0 amide bonds. The second-order valence-corrected chi connectivity index (χ2v) is 7.00. The minimum atomic E-state index is -1.23. The molecule has 0 aromatic carbocycles. The minimum Gasteiger partial charge on any atom is -0.244 e. The van der Waals surface area contributed by atoms with Gasteiger partial charge in [0.2, 0.25) is 0 Å². The molecule has 0 aliphatic heterocycles. The highest BCUT2D eigenvalue weighted by atomic mass is 19.2. The Labute approximate surface area is 123 Å². The zero-order chi connectivity index (χ0) is 14.5. The molecule has 4 unspecified atom stereocenters. The summed E-state index contributed by atoms with van der Waals surface area (Å²) in [6, 6.07) is 0. The molecule has 0 saturated heterocycles. The number of halogens is 2. The second kappa shape index (κ2) is 7.56. The fourth-order valence-corrected chi connectivity index (χ4v) is 4.04. The van der Waals surface area contributed by atoms with Gasteiger partial charge in [0.1, 0.15) is 12.3 Å². The molecule has 2 heteroatoms. The molecule has 4 atom stereocenters. The SMILES string of the molecule is CCC/C=C/C1CCC(C2CCC(C)C(F)C2F)CC1. The Morgan fingerprint density at radius 3 is 2.30 bits per heavy atom. The standard InChI is InChI=1S/C18H30F2/c1-3-4-5-6-14-8-10-15(11-9-14)16-12-7-13(2)17(19)18(16)20/h5-6,13-18H,3-4,7-12H2,1-2H3/b6-5+. The van der Waals surface area contributed by atoms with Gasteiger partial charge >= 0.3 is 0 Å². The first-order chi connectivity index (χ1) is 9.63. The van der Waals surface area contributed by atoms with Gasteiger partial charge in [-0.1, -0.05) is 32.4 Å². The maximum Gasteiger partial charge on any atom is 0.134 e. The van der Waals surface area contributed by atoms with E-state index < -0.39 is 12.3 Å². The zero-order valence-electron chi connectivity index (χ0n) is 13.0. The van der Waals surface area contributed by atoms with Gasteiger partial charge in [-0.3, -0.25) is 0 Å². The lowest BCUT2D eigenvalue weighted by Crippen LogP contribution is -2.41. The summed E-state index contributed by atoms with van der Waals surface area (Å²) in [6.07, 6.45) is 10.8. The Morgan fingerprint density at radius 2 is 1.65 bits per heavy atom. The van der Waals surface area contributed by atoms with Gasteiger partial charge in [-0.05, 0) is 68.6 Å². The van der Waals surface area contributed by atoms with Gasteiger partial charge < -0.3 is 0 Å². The van der Waals surface area contributed by atoms with E-state index in [9.17, 15) is 8.78 Å². The summed E-state index contributed by atoms with van der Waals surface area (Å²) in [7, 11) is 0. The molecular formula is C18H30F2. The van der Waals surface area contributed by atoms with Crippen molar-refractivity contribution in [2.24, 2.45) is 23.7 Å². The summed E-state index contributed by atoms with van der Waals surface area (Å²) in [5.74, 6) is 1.00. The maximum absolute atomic E-state index is 14.2. The average molecular weight is 284 g/mol. The van der Waals surface area contributed by atoms with Crippen molar-refractivity contribution in [2.75, 3.05) is 0 Å². The molecule has 0 bridgehead atoms. The average Bonchev–Trinajstić information content (AvgIpc) is 2.46. The highest BCUT2D eigenvalue weighted by molar-refractivity contribution is 4.95. The Morgan fingerprint density at radius 1 is 0.950 bits per heavy atom. The molecule has 2 saturated carbocycles. The van der Waals surface area contributed by atoms with Crippen molar-refractivity contribution in [3.05, 3.63) is 12.2 Å². The summed E-state index contributed by atoms with van der Waals surface area (Å²) >= 11 is 0. The fourth-order valence-electron chi connectivity index (χ4n) is 4.04. The van der Waals surface area contributed by atoms with Crippen molar-refractivity contribution in [3.8, 4) is 0 Å². The van der Waals surface area contributed by atoms with Crippen LogP contribution in [0.2, 0.25) is 0 Å². The number of hydrogen-bond acceptors (Lipinski definition) is 0. The van der Waals surface area contributed by atoms with Gasteiger partial charge in [0.05, 0.1) is 0 Å². The molecule has 116 valence electrons. The maximum atomic E-state index is 14.2. The van der Waals surface area contributed by atoms with Crippen molar-refractivity contribution < 1.29 is 8.78 Å². The van der Waals surface area contributed by atoms with E-state index in [4.69, 9.17) is 0 Å². The number of unbranched alkanes of at least 4 members (excludes halogenated alkanes) is 1. The van der Waals surface area contributed by atoms with Gasteiger partial charge in [0, 0.05) is 0 Å².